The molecule has 0 radical (unpaired) electrons. The molecule has 2 rings (SSSR count). The molecule has 0 aliphatic heterocycles. The zero-order valence-corrected chi connectivity index (χ0v) is 12.7. The molecule has 1 aromatic rings. The number of halogens is 2. The molecule has 20 heavy (non-hydrogen) atoms. The Hall–Kier alpha value is -1.34. The van der Waals surface area contributed by atoms with Crippen LogP contribution in [-0.2, 0) is 0 Å². The highest BCUT2D eigenvalue weighted by Crippen LogP contribution is 2.29. The van der Waals surface area contributed by atoms with Gasteiger partial charge < -0.3 is 20.6 Å². The van der Waals surface area contributed by atoms with Gasteiger partial charge in [0.1, 0.15) is 6.61 Å². The number of likely N-dealkylation sites (N-methyl/N-ethyl adjacent to an activating group) is 1. The minimum atomic E-state index is -0.553. The van der Waals surface area contributed by atoms with Gasteiger partial charge in [-0.05, 0) is 48.0 Å². The van der Waals surface area contributed by atoms with E-state index in [0.717, 1.165) is 6.54 Å². The second-order valence-electron chi connectivity index (χ2n) is 4.78. The van der Waals surface area contributed by atoms with Crippen LogP contribution in [0.2, 0.25) is 0 Å². The highest BCUT2D eigenvalue weighted by molar-refractivity contribution is 9.10. The standard InChI is InChI=1S/C13H17BrFN3O2/c1-18(8-2-3-8)6-7-20-10-5-4-9(13(16)17-19)11(14)12(10)15/h4-5,8,19H,2-3,6-7H2,1H3,(H2,16,17). The lowest BCUT2D eigenvalue weighted by Crippen LogP contribution is -2.26. The lowest BCUT2D eigenvalue weighted by atomic mass is 10.2. The molecule has 1 aromatic carbocycles. The predicted octanol–water partition coefficient (Wildman–Crippen LogP) is 2.16. The summed E-state index contributed by atoms with van der Waals surface area (Å²) in [5.41, 5.74) is 5.73. The number of nitrogens with zero attached hydrogens (tertiary/aromatic N) is 2. The topological polar surface area (TPSA) is 71.1 Å². The summed E-state index contributed by atoms with van der Waals surface area (Å²) in [5.74, 6) is -0.561. The zero-order valence-electron chi connectivity index (χ0n) is 11.1. The van der Waals surface area contributed by atoms with Crippen molar-refractivity contribution in [2.45, 2.75) is 18.9 Å². The number of benzene rings is 1. The highest BCUT2D eigenvalue weighted by atomic mass is 79.9. The van der Waals surface area contributed by atoms with E-state index >= 15 is 0 Å². The van der Waals surface area contributed by atoms with Gasteiger partial charge >= 0.3 is 0 Å². The van der Waals surface area contributed by atoms with E-state index in [1.807, 2.05) is 7.05 Å². The third-order valence-electron chi connectivity index (χ3n) is 3.30. The minimum Gasteiger partial charge on any atom is -0.489 e. The summed E-state index contributed by atoms with van der Waals surface area (Å²) >= 11 is 3.09. The summed E-state index contributed by atoms with van der Waals surface area (Å²) in [7, 11) is 2.04. The number of oxime groups is 1. The normalized spacial score (nSPS) is 15.7. The molecular formula is C13H17BrFN3O2. The van der Waals surface area contributed by atoms with Crippen LogP contribution in [0.4, 0.5) is 4.39 Å². The van der Waals surface area contributed by atoms with Crippen LogP contribution in [0.5, 0.6) is 5.75 Å². The molecule has 0 aromatic heterocycles. The van der Waals surface area contributed by atoms with Crippen molar-refractivity contribution < 1.29 is 14.3 Å². The molecule has 0 atom stereocenters. The first-order chi connectivity index (χ1) is 9.54. The molecule has 1 saturated carbocycles. The van der Waals surface area contributed by atoms with E-state index < -0.39 is 5.82 Å². The molecule has 0 unspecified atom stereocenters. The second kappa shape index (κ2) is 6.41. The Morgan fingerprint density at radius 1 is 1.60 bits per heavy atom. The molecule has 0 heterocycles. The van der Waals surface area contributed by atoms with Crippen molar-refractivity contribution in [3.63, 3.8) is 0 Å². The Morgan fingerprint density at radius 2 is 2.30 bits per heavy atom. The van der Waals surface area contributed by atoms with E-state index in [4.69, 9.17) is 15.7 Å². The van der Waals surface area contributed by atoms with Crippen LogP contribution in [0, 0.1) is 5.82 Å². The lowest BCUT2D eigenvalue weighted by Gasteiger charge is -2.16. The molecule has 1 fully saturated rings. The molecule has 0 saturated heterocycles. The maximum absolute atomic E-state index is 14.1. The van der Waals surface area contributed by atoms with Gasteiger partial charge in [0.15, 0.2) is 17.4 Å². The largest absolute Gasteiger partial charge is 0.489 e. The van der Waals surface area contributed by atoms with Gasteiger partial charge in [-0.15, -0.1) is 0 Å². The summed E-state index contributed by atoms with van der Waals surface area (Å²) in [6.45, 7) is 1.17. The van der Waals surface area contributed by atoms with Gasteiger partial charge in [-0.25, -0.2) is 4.39 Å². The van der Waals surface area contributed by atoms with Crippen molar-refractivity contribution in [1.82, 2.24) is 4.90 Å². The van der Waals surface area contributed by atoms with Gasteiger partial charge in [-0.2, -0.15) is 0 Å². The van der Waals surface area contributed by atoms with E-state index in [2.05, 4.69) is 26.0 Å². The number of hydrogen-bond acceptors (Lipinski definition) is 4. The van der Waals surface area contributed by atoms with Crippen LogP contribution in [0.1, 0.15) is 18.4 Å². The smallest absolute Gasteiger partial charge is 0.179 e. The van der Waals surface area contributed by atoms with Crippen molar-refractivity contribution in [2.24, 2.45) is 10.9 Å². The number of ether oxygens (including phenoxy) is 1. The molecule has 0 amide bonds. The van der Waals surface area contributed by atoms with Crippen molar-refractivity contribution in [3.05, 3.63) is 28.0 Å². The first kappa shape index (κ1) is 15.1. The van der Waals surface area contributed by atoms with Crippen LogP contribution < -0.4 is 10.5 Å². The summed E-state index contributed by atoms with van der Waals surface area (Å²) in [4.78, 5) is 2.21. The fourth-order valence-corrected chi connectivity index (χ4v) is 2.42. The monoisotopic (exact) mass is 345 g/mol. The number of amidine groups is 1. The Bertz CT molecular complexity index is 521. The van der Waals surface area contributed by atoms with Crippen LogP contribution in [0.3, 0.4) is 0 Å². The van der Waals surface area contributed by atoms with E-state index in [0.29, 0.717) is 12.6 Å². The maximum atomic E-state index is 14.1. The Kier molecular flexibility index (Phi) is 4.82. The predicted molar refractivity (Wildman–Crippen MR) is 77.8 cm³/mol. The third-order valence-corrected chi connectivity index (χ3v) is 4.08. The maximum Gasteiger partial charge on any atom is 0.179 e. The van der Waals surface area contributed by atoms with E-state index in [-0.39, 0.29) is 21.6 Å². The molecule has 0 spiro atoms. The molecule has 7 heteroatoms. The number of nitrogens with two attached hydrogens (primary N) is 1. The SMILES string of the molecule is CN(CCOc1ccc(/C(N)=N/O)c(Br)c1F)C1CC1. The fraction of sp³-hybridized carbons (Fsp3) is 0.462. The second-order valence-corrected chi connectivity index (χ2v) is 5.58. The van der Waals surface area contributed by atoms with Gasteiger partial charge in [-0.1, -0.05) is 5.16 Å². The quantitative estimate of drug-likeness (QED) is 0.358. The zero-order chi connectivity index (χ0) is 14.7. The summed E-state index contributed by atoms with van der Waals surface area (Å²) < 4.78 is 19.6. The van der Waals surface area contributed by atoms with E-state index in [9.17, 15) is 4.39 Å². The van der Waals surface area contributed by atoms with Gasteiger partial charge in [0.05, 0.1) is 4.47 Å². The average molecular weight is 346 g/mol. The van der Waals surface area contributed by atoms with Crippen LogP contribution in [0.25, 0.3) is 0 Å². The summed E-state index contributed by atoms with van der Waals surface area (Å²) in [6.07, 6.45) is 2.45. The van der Waals surface area contributed by atoms with Crippen molar-refractivity contribution in [2.75, 3.05) is 20.2 Å². The molecular weight excluding hydrogens is 329 g/mol. The van der Waals surface area contributed by atoms with Crippen molar-refractivity contribution in [3.8, 4) is 5.75 Å². The highest BCUT2D eigenvalue weighted by Gasteiger charge is 2.25. The fourth-order valence-electron chi connectivity index (χ4n) is 1.89. The Morgan fingerprint density at radius 3 is 2.90 bits per heavy atom. The Balaban J connectivity index is 1.99. The summed E-state index contributed by atoms with van der Waals surface area (Å²) in [5, 5.41) is 11.5. The van der Waals surface area contributed by atoms with Gasteiger partial charge in [0, 0.05) is 18.2 Å². The van der Waals surface area contributed by atoms with Crippen molar-refractivity contribution in [1.29, 1.82) is 0 Å². The lowest BCUT2D eigenvalue weighted by molar-refractivity contribution is 0.225. The Labute approximate surface area is 125 Å². The molecule has 110 valence electrons. The van der Waals surface area contributed by atoms with Crippen LogP contribution in [-0.4, -0.2) is 42.2 Å². The number of rotatable bonds is 6. The minimum absolute atomic E-state index is 0.126. The molecule has 3 N–H and O–H groups in total. The average Bonchev–Trinajstić information content (AvgIpc) is 3.27. The third kappa shape index (κ3) is 3.40. The van der Waals surface area contributed by atoms with Crippen LogP contribution in [0.15, 0.2) is 21.8 Å². The van der Waals surface area contributed by atoms with Gasteiger partial charge in [0.2, 0.25) is 0 Å². The van der Waals surface area contributed by atoms with E-state index in [1.165, 1.54) is 18.9 Å². The van der Waals surface area contributed by atoms with Gasteiger partial charge in [-0.3, -0.25) is 0 Å². The molecule has 0 bridgehead atoms. The molecule has 1 aliphatic carbocycles. The molecule has 1 aliphatic rings. The molecule has 5 nitrogen and oxygen atoms in total. The number of hydrogen-bond donors (Lipinski definition) is 2. The van der Waals surface area contributed by atoms with Gasteiger partial charge in [0.25, 0.3) is 0 Å². The first-order valence-electron chi connectivity index (χ1n) is 6.33. The first-order valence-corrected chi connectivity index (χ1v) is 7.12. The van der Waals surface area contributed by atoms with E-state index in [1.54, 1.807) is 6.07 Å². The summed E-state index contributed by atoms with van der Waals surface area (Å²) in [6, 6.07) is 3.67. The van der Waals surface area contributed by atoms with Crippen LogP contribution >= 0.6 is 15.9 Å². The van der Waals surface area contributed by atoms with Crippen molar-refractivity contribution >= 4 is 21.8 Å².